The van der Waals surface area contributed by atoms with Crippen LogP contribution in [0.2, 0.25) is 0 Å². The summed E-state index contributed by atoms with van der Waals surface area (Å²) in [7, 11) is 0. The smallest absolute Gasteiger partial charge is 0.269 e. The Morgan fingerprint density at radius 1 is 0.690 bits per heavy atom. The van der Waals surface area contributed by atoms with Crippen LogP contribution in [0.1, 0.15) is 106 Å². The number of amides is 2. The first kappa shape index (κ1) is 39.1. The van der Waals surface area contributed by atoms with Crippen molar-refractivity contribution < 1.29 is 38.3 Å². The average molecular weight is 785 g/mol. The Balaban J connectivity index is 0.000000177. The number of aliphatic hydroxyl groups is 2. The van der Waals surface area contributed by atoms with Crippen LogP contribution in [0.15, 0.2) is 69.7 Å². The Hall–Kier alpha value is -7.14. The number of aryl methyl sites for hydroxylation is 2. The molecule has 0 bridgehead atoms. The lowest BCUT2D eigenvalue weighted by Gasteiger charge is -2.12. The van der Waals surface area contributed by atoms with Crippen LogP contribution in [-0.2, 0) is 11.2 Å². The van der Waals surface area contributed by atoms with Crippen molar-refractivity contribution in [2.75, 3.05) is 13.2 Å². The van der Waals surface area contributed by atoms with Gasteiger partial charge in [-0.3, -0.25) is 9.59 Å². The van der Waals surface area contributed by atoms with Crippen molar-refractivity contribution in [3.63, 3.8) is 0 Å². The van der Waals surface area contributed by atoms with Gasteiger partial charge in [-0.15, -0.1) is 0 Å². The Morgan fingerprint density at radius 3 is 1.43 bits per heavy atom. The molecule has 2 aliphatic rings. The van der Waals surface area contributed by atoms with Gasteiger partial charge in [0.05, 0.1) is 24.6 Å². The van der Waals surface area contributed by atoms with Gasteiger partial charge in [0.2, 0.25) is 0 Å². The minimum Gasteiger partial charge on any atom is -0.491 e. The molecular formula is C42H40N8O8. The van der Waals surface area contributed by atoms with Crippen molar-refractivity contribution in [2.45, 2.75) is 64.6 Å². The third-order valence-corrected chi connectivity index (χ3v) is 9.49. The van der Waals surface area contributed by atoms with Crippen LogP contribution in [0.4, 0.5) is 0 Å². The fourth-order valence-electron chi connectivity index (χ4n) is 6.19. The number of primary amides is 2. The number of carbonyl (C=O) groups excluding carboxylic acids is 2. The summed E-state index contributed by atoms with van der Waals surface area (Å²) in [5, 5.41) is 37.6. The molecule has 2 aliphatic heterocycles. The molecule has 2 amide bonds. The van der Waals surface area contributed by atoms with Crippen LogP contribution in [0.5, 0.6) is 11.5 Å². The molecule has 6 heterocycles. The molecule has 0 fully saturated rings. The average Bonchev–Trinajstić information content (AvgIpc) is 4.00. The van der Waals surface area contributed by atoms with Gasteiger partial charge in [0, 0.05) is 35.1 Å². The molecule has 0 saturated carbocycles. The molecule has 16 heteroatoms. The van der Waals surface area contributed by atoms with Gasteiger partial charge in [-0.1, -0.05) is 47.8 Å². The lowest BCUT2D eigenvalue weighted by molar-refractivity contribution is 0.0987. The highest BCUT2D eigenvalue weighted by molar-refractivity contribution is 5.91. The molecular weight excluding hydrogens is 745 g/mol. The number of nitrogens with two attached hydrogens (primary N) is 2. The van der Waals surface area contributed by atoms with E-state index in [9.17, 15) is 19.8 Å². The molecule has 6 N–H and O–H groups in total. The number of benzene rings is 2. The number of ether oxygens (including phenoxy) is 2. The number of hydrogen-bond donors (Lipinski definition) is 4. The van der Waals surface area contributed by atoms with Crippen molar-refractivity contribution in [1.29, 1.82) is 0 Å². The van der Waals surface area contributed by atoms with E-state index >= 15 is 0 Å². The Kier molecular flexibility index (Phi) is 10.2. The third-order valence-electron chi connectivity index (χ3n) is 9.49. The summed E-state index contributed by atoms with van der Waals surface area (Å²) in [6, 6.07) is 17.4. The summed E-state index contributed by atoms with van der Waals surface area (Å²) in [4.78, 5) is 23.2. The zero-order valence-electron chi connectivity index (χ0n) is 32.5. The Bertz CT molecular complexity index is 2510. The maximum Gasteiger partial charge on any atom is 0.269 e. The van der Waals surface area contributed by atoms with Gasteiger partial charge in [-0.25, -0.2) is 9.36 Å². The predicted octanol–water partition coefficient (Wildman–Crippen LogP) is 4.05. The molecule has 0 radical (unpaired) electrons. The summed E-state index contributed by atoms with van der Waals surface area (Å²) < 4.78 is 25.1. The molecule has 2 aromatic carbocycles. The molecule has 0 unspecified atom stereocenters. The highest BCUT2D eigenvalue weighted by atomic mass is 16.5. The van der Waals surface area contributed by atoms with E-state index in [1.807, 2.05) is 13.8 Å². The van der Waals surface area contributed by atoms with Crippen LogP contribution in [0.3, 0.4) is 0 Å². The van der Waals surface area contributed by atoms with Gasteiger partial charge < -0.3 is 40.2 Å². The lowest BCUT2D eigenvalue weighted by atomic mass is 10.0. The summed E-state index contributed by atoms with van der Waals surface area (Å²) >= 11 is 0. The van der Waals surface area contributed by atoms with Crippen LogP contribution in [0.25, 0.3) is 11.4 Å². The SMILES string of the molecule is Cc1cc([C@@](C)(O)C#Cc2ccc3c(c2)-n2nc(C(N)=O)cc2[C@H](C)CO3)no1.Cc1cc([C@@](C)(O)C#Cc2ccc3c(c2)-n2nc(C(N)=O)cc2[C@H](C)CO3)no1. The summed E-state index contributed by atoms with van der Waals surface area (Å²) in [5.74, 6) is 12.9. The fourth-order valence-corrected chi connectivity index (χ4v) is 6.19. The first-order chi connectivity index (χ1) is 27.5. The largest absolute Gasteiger partial charge is 0.491 e. The third kappa shape index (κ3) is 7.92. The zero-order chi connectivity index (χ0) is 41.5. The highest BCUT2D eigenvalue weighted by Crippen LogP contribution is 2.34. The molecule has 0 saturated heterocycles. The quantitative estimate of drug-likeness (QED) is 0.186. The number of hydrogen-bond acceptors (Lipinski definition) is 12. The Morgan fingerprint density at radius 2 is 1.09 bits per heavy atom. The molecule has 4 atom stereocenters. The maximum atomic E-state index is 11.6. The minimum atomic E-state index is -1.47. The monoisotopic (exact) mass is 784 g/mol. The molecule has 0 spiro atoms. The van der Waals surface area contributed by atoms with E-state index < -0.39 is 23.0 Å². The van der Waals surface area contributed by atoms with E-state index in [1.165, 1.54) is 0 Å². The number of aromatic nitrogens is 6. The molecule has 58 heavy (non-hydrogen) atoms. The van der Waals surface area contributed by atoms with E-state index in [4.69, 9.17) is 30.0 Å². The molecule has 16 nitrogen and oxygen atoms in total. The summed E-state index contributed by atoms with van der Waals surface area (Å²) in [6.45, 7) is 11.5. The summed E-state index contributed by atoms with van der Waals surface area (Å²) in [6.07, 6.45) is 0. The first-order valence-corrected chi connectivity index (χ1v) is 18.2. The number of carbonyl (C=O) groups is 2. The number of rotatable bonds is 4. The second-order valence-corrected chi connectivity index (χ2v) is 14.5. The van der Waals surface area contributed by atoms with Crippen molar-refractivity contribution in [3.8, 4) is 46.6 Å². The lowest BCUT2D eigenvalue weighted by Crippen LogP contribution is -2.18. The number of nitrogens with zero attached hydrogens (tertiary/aromatic N) is 6. The van der Waals surface area contributed by atoms with Crippen molar-refractivity contribution in [2.24, 2.45) is 11.5 Å². The minimum absolute atomic E-state index is 0.0219. The van der Waals surface area contributed by atoms with Gasteiger partial charge in [0.15, 0.2) is 22.6 Å². The van der Waals surface area contributed by atoms with Crippen LogP contribution in [0, 0.1) is 37.5 Å². The molecule has 296 valence electrons. The first-order valence-electron chi connectivity index (χ1n) is 18.2. The van der Waals surface area contributed by atoms with Crippen molar-refractivity contribution in [3.05, 3.63) is 117 Å². The molecule has 8 rings (SSSR count). The van der Waals surface area contributed by atoms with Gasteiger partial charge in [0.1, 0.15) is 45.8 Å². The molecule has 6 aromatic rings. The second-order valence-electron chi connectivity index (χ2n) is 14.5. The van der Waals surface area contributed by atoms with Gasteiger partial charge in [0.25, 0.3) is 11.8 Å². The normalized spacial score (nSPS) is 17.0. The van der Waals surface area contributed by atoms with Crippen LogP contribution in [-0.4, -0.2) is 65.1 Å². The molecule has 0 aliphatic carbocycles. The Labute approximate surface area is 332 Å². The van der Waals surface area contributed by atoms with E-state index in [0.29, 0.717) is 70.1 Å². The van der Waals surface area contributed by atoms with Gasteiger partial charge in [-0.2, -0.15) is 10.2 Å². The number of fused-ring (bicyclic) bond motifs is 6. The highest BCUT2D eigenvalue weighted by Gasteiger charge is 2.28. The standard InChI is InChI=1S/2C21H20N4O4/c2*1-12-11-28-18-5-4-14(6-7-21(3,27)19-8-13(2)29-24-19)9-17(18)25-16(12)10-15(23-25)20(22)26/h2*4-5,8-10,12,27H,11H2,1-3H3,(H2,22,26)/t2*12-,21+/m11/s1. The van der Waals surface area contributed by atoms with Gasteiger partial charge in [-0.05, 0) is 76.2 Å². The van der Waals surface area contributed by atoms with E-state index in [1.54, 1.807) is 97.7 Å². The molecule has 4 aromatic heterocycles. The van der Waals surface area contributed by atoms with E-state index in [2.05, 4.69) is 44.2 Å². The summed E-state index contributed by atoms with van der Waals surface area (Å²) in [5.41, 5.74) is 13.2. The topological polar surface area (TPSA) is 233 Å². The zero-order valence-corrected chi connectivity index (χ0v) is 32.5. The van der Waals surface area contributed by atoms with E-state index in [0.717, 1.165) is 11.4 Å². The predicted molar refractivity (Wildman–Crippen MR) is 207 cm³/mol. The van der Waals surface area contributed by atoms with Crippen molar-refractivity contribution in [1.82, 2.24) is 29.9 Å². The van der Waals surface area contributed by atoms with Crippen molar-refractivity contribution >= 4 is 11.8 Å². The fraction of sp³-hybridized carbons (Fsp3) is 0.286. The second kappa shape index (κ2) is 15.1. The van der Waals surface area contributed by atoms with Crippen LogP contribution >= 0.6 is 0 Å². The van der Waals surface area contributed by atoms with Gasteiger partial charge >= 0.3 is 0 Å². The van der Waals surface area contributed by atoms with E-state index in [-0.39, 0.29) is 23.2 Å². The maximum absolute atomic E-state index is 11.6. The van der Waals surface area contributed by atoms with Crippen LogP contribution < -0.4 is 20.9 Å².